The van der Waals surface area contributed by atoms with Crippen molar-refractivity contribution in [3.8, 4) is 11.1 Å². The maximum Gasteiger partial charge on any atom is 0.229 e. The summed E-state index contributed by atoms with van der Waals surface area (Å²) in [5.74, 6) is 0.222. The Balaban J connectivity index is 2.57. The smallest absolute Gasteiger partial charge is 0.229 e. The number of sulfone groups is 1. The molecule has 17 heavy (non-hydrogen) atoms. The van der Waals surface area contributed by atoms with Crippen molar-refractivity contribution in [3.05, 3.63) is 30.0 Å². The Morgan fingerprint density at radius 2 is 2.00 bits per heavy atom. The molecule has 2 rings (SSSR count). The Bertz CT molecular complexity index is 659. The van der Waals surface area contributed by atoms with Gasteiger partial charge in [-0.3, -0.25) is 0 Å². The van der Waals surface area contributed by atoms with Crippen LogP contribution in [0.4, 0.5) is 5.88 Å². The van der Waals surface area contributed by atoms with Crippen LogP contribution in [0.5, 0.6) is 0 Å². The number of hydrogen-bond acceptors (Lipinski definition) is 5. The predicted molar refractivity (Wildman–Crippen MR) is 64.2 cm³/mol. The molecule has 1 heterocycles. The van der Waals surface area contributed by atoms with Crippen molar-refractivity contribution >= 4 is 15.7 Å². The van der Waals surface area contributed by atoms with Crippen LogP contribution in [0, 0.1) is 6.92 Å². The van der Waals surface area contributed by atoms with E-state index in [1.165, 1.54) is 12.5 Å². The topological polar surface area (TPSA) is 86.2 Å². The molecule has 0 aliphatic heterocycles. The highest BCUT2D eigenvalue weighted by atomic mass is 32.2. The first kappa shape index (κ1) is 11.7. The van der Waals surface area contributed by atoms with E-state index < -0.39 is 9.84 Å². The predicted octanol–water partition coefficient (Wildman–Crippen LogP) is 1.64. The number of anilines is 1. The van der Waals surface area contributed by atoms with Crippen LogP contribution in [0.25, 0.3) is 11.1 Å². The van der Waals surface area contributed by atoms with Crippen molar-refractivity contribution in [2.24, 2.45) is 0 Å². The summed E-state index contributed by atoms with van der Waals surface area (Å²) in [6.07, 6.45) is 2.69. The van der Waals surface area contributed by atoms with Gasteiger partial charge in [-0.15, -0.1) is 0 Å². The van der Waals surface area contributed by atoms with Crippen LogP contribution in [0.15, 0.2) is 33.8 Å². The van der Waals surface area contributed by atoms with E-state index >= 15 is 0 Å². The molecule has 2 N–H and O–H groups in total. The second-order valence-corrected chi connectivity index (χ2v) is 5.87. The third-order valence-electron chi connectivity index (χ3n) is 2.51. The number of nitrogens with two attached hydrogens (primary N) is 1. The molecule has 0 fully saturated rings. The molecule has 2 aromatic rings. The fourth-order valence-electron chi connectivity index (χ4n) is 1.62. The molecule has 90 valence electrons. The first-order valence-corrected chi connectivity index (χ1v) is 6.80. The highest BCUT2D eigenvalue weighted by Crippen LogP contribution is 2.29. The van der Waals surface area contributed by atoms with Gasteiger partial charge in [0, 0.05) is 6.26 Å². The molecule has 0 bridgehead atoms. The van der Waals surface area contributed by atoms with Crippen molar-refractivity contribution in [1.82, 2.24) is 5.16 Å². The molecule has 6 heteroatoms. The fraction of sp³-hybridized carbons (Fsp3) is 0.182. The quantitative estimate of drug-likeness (QED) is 0.878. The largest absolute Gasteiger partial charge is 0.367 e. The number of aryl methyl sites for hydroxylation is 1. The van der Waals surface area contributed by atoms with Gasteiger partial charge in [0.2, 0.25) is 5.88 Å². The summed E-state index contributed by atoms with van der Waals surface area (Å²) in [7, 11) is -3.19. The summed E-state index contributed by atoms with van der Waals surface area (Å²) < 4.78 is 27.6. The van der Waals surface area contributed by atoms with Crippen LogP contribution in [-0.2, 0) is 9.84 Å². The van der Waals surface area contributed by atoms with E-state index in [-0.39, 0.29) is 10.8 Å². The molecule has 0 atom stereocenters. The Kier molecular flexibility index (Phi) is 2.66. The van der Waals surface area contributed by atoms with Gasteiger partial charge < -0.3 is 10.3 Å². The lowest BCUT2D eigenvalue weighted by molar-refractivity contribution is 0.436. The minimum atomic E-state index is -3.19. The zero-order valence-corrected chi connectivity index (χ0v) is 10.3. The molecule has 1 aromatic heterocycles. The van der Waals surface area contributed by atoms with Crippen molar-refractivity contribution in [1.29, 1.82) is 0 Å². The molecule has 0 radical (unpaired) electrons. The van der Waals surface area contributed by atoms with E-state index in [9.17, 15) is 8.42 Å². The number of rotatable bonds is 2. The summed E-state index contributed by atoms with van der Waals surface area (Å²) in [5.41, 5.74) is 7.91. The van der Waals surface area contributed by atoms with Gasteiger partial charge in [-0.2, -0.15) is 0 Å². The Morgan fingerprint density at radius 3 is 2.47 bits per heavy atom. The van der Waals surface area contributed by atoms with Gasteiger partial charge in [-0.05, 0) is 30.2 Å². The second-order valence-electron chi connectivity index (χ2n) is 3.85. The number of nitrogens with zero attached hydrogens (tertiary/aromatic N) is 1. The average molecular weight is 252 g/mol. The van der Waals surface area contributed by atoms with Crippen molar-refractivity contribution in [2.45, 2.75) is 11.8 Å². The van der Waals surface area contributed by atoms with E-state index in [0.29, 0.717) is 5.56 Å². The highest BCUT2D eigenvalue weighted by Gasteiger charge is 2.13. The van der Waals surface area contributed by atoms with Crippen LogP contribution in [0.2, 0.25) is 0 Å². The lowest BCUT2D eigenvalue weighted by Gasteiger charge is -2.05. The molecule has 0 amide bonds. The minimum Gasteiger partial charge on any atom is -0.367 e. The van der Waals surface area contributed by atoms with Crippen molar-refractivity contribution in [3.63, 3.8) is 0 Å². The van der Waals surface area contributed by atoms with Crippen LogP contribution in [0.1, 0.15) is 5.56 Å². The normalized spacial score (nSPS) is 11.6. The van der Waals surface area contributed by atoms with Gasteiger partial charge in [-0.1, -0.05) is 11.2 Å². The van der Waals surface area contributed by atoms with Crippen LogP contribution in [0.3, 0.4) is 0 Å². The highest BCUT2D eigenvalue weighted by molar-refractivity contribution is 7.90. The molecule has 0 saturated heterocycles. The monoisotopic (exact) mass is 252 g/mol. The van der Waals surface area contributed by atoms with Gasteiger partial charge in [0.1, 0.15) is 0 Å². The zero-order valence-electron chi connectivity index (χ0n) is 9.47. The van der Waals surface area contributed by atoms with Gasteiger partial charge in [0.15, 0.2) is 9.84 Å². The summed E-state index contributed by atoms with van der Waals surface area (Å²) in [6.45, 7) is 1.82. The summed E-state index contributed by atoms with van der Waals surface area (Å²) in [5, 5.41) is 3.59. The van der Waals surface area contributed by atoms with Crippen LogP contribution < -0.4 is 5.73 Å². The second kappa shape index (κ2) is 3.89. The summed E-state index contributed by atoms with van der Waals surface area (Å²) in [6, 6.07) is 4.86. The van der Waals surface area contributed by atoms with Crippen LogP contribution in [-0.4, -0.2) is 19.8 Å². The van der Waals surface area contributed by atoms with Crippen molar-refractivity contribution < 1.29 is 12.9 Å². The summed E-state index contributed by atoms with van der Waals surface area (Å²) >= 11 is 0. The van der Waals surface area contributed by atoms with Gasteiger partial charge in [0.05, 0.1) is 16.7 Å². The van der Waals surface area contributed by atoms with E-state index in [1.807, 2.05) is 6.92 Å². The lowest BCUT2D eigenvalue weighted by atomic mass is 10.0. The molecule has 1 aromatic carbocycles. The third-order valence-corrected chi connectivity index (χ3v) is 3.62. The average Bonchev–Trinajstić information content (AvgIpc) is 2.63. The van der Waals surface area contributed by atoms with E-state index in [1.54, 1.807) is 18.2 Å². The third kappa shape index (κ3) is 2.16. The first-order valence-electron chi connectivity index (χ1n) is 4.91. The molecule has 0 spiro atoms. The van der Waals surface area contributed by atoms with Gasteiger partial charge in [-0.25, -0.2) is 8.42 Å². The number of hydrogen-bond donors (Lipinski definition) is 1. The molecule has 0 aliphatic carbocycles. The Morgan fingerprint density at radius 1 is 1.29 bits per heavy atom. The van der Waals surface area contributed by atoms with Crippen molar-refractivity contribution in [2.75, 3.05) is 12.0 Å². The minimum absolute atomic E-state index is 0.222. The maximum atomic E-state index is 11.4. The molecule has 0 aliphatic rings. The lowest BCUT2D eigenvalue weighted by Crippen LogP contribution is -1.98. The Hall–Kier alpha value is -1.82. The Labute approximate surface area is 99.1 Å². The first-order chi connectivity index (χ1) is 7.89. The molecular formula is C11H12N2O3S. The zero-order chi connectivity index (χ0) is 12.6. The molecular weight excluding hydrogens is 240 g/mol. The van der Waals surface area contributed by atoms with E-state index in [0.717, 1.165) is 11.1 Å². The molecule has 0 unspecified atom stereocenters. The summed E-state index contributed by atoms with van der Waals surface area (Å²) in [4.78, 5) is 0.286. The molecule has 5 nitrogen and oxygen atoms in total. The number of benzene rings is 1. The van der Waals surface area contributed by atoms with E-state index in [2.05, 4.69) is 5.16 Å². The van der Waals surface area contributed by atoms with Crippen LogP contribution >= 0.6 is 0 Å². The fourth-order valence-corrected chi connectivity index (χ4v) is 2.33. The van der Waals surface area contributed by atoms with Gasteiger partial charge in [0.25, 0.3) is 0 Å². The van der Waals surface area contributed by atoms with Gasteiger partial charge >= 0.3 is 0 Å². The number of nitrogen functional groups attached to an aromatic ring is 1. The standard InChI is InChI=1S/C11H12N2O3S/c1-7-5-8(17(2,14)15)3-4-9(7)10-6-13-16-11(10)12/h3-6H,12H2,1-2H3. The maximum absolute atomic E-state index is 11.4. The number of aromatic nitrogens is 1. The molecule has 0 saturated carbocycles. The van der Waals surface area contributed by atoms with E-state index in [4.69, 9.17) is 10.3 Å². The SMILES string of the molecule is Cc1cc(S(C)(=O)=O)ccc1-c1cnoc1N.